The molecule has 1 rings (SSSR count). The average molecular weight is 487 g/mol. The fourth-order valence-corrected chi connectivity index (χ4v) is 5.15. The SMILES string of the molecule is C=C(C)CC1=C(CCC(C)(O)CCCC(C)CCCC(C)CCCC(C)C)C(=O)C(C)=C(C)C1=O. The Hall–Kier alpha value is -1.48. The van der Waals surface area contributed by atoms with Gasteiger partial charge in [0, 0.05) is 22.3 Å². The topological polar surface area (TPSA) is 54.4 Å². The number of rotatable bonds is 17. The number of aliphatic hydroxyl groups is 1. The van der Waals surface area contributed by atoms with E-state index < -0.39 is 5.60 Å². The third kappa shape index (κ3) is 11.4. The molecule has 3 atom stereocenters. The lowest BCUT2D eigenvalue weighted by Crippen LogP contribution is -2.27. The van der Waals surface area contributed by atoms with Crippen LogP contribution in [-0.4, -0.2) is 22.3 Å². The van der Waals surface area contributed by atoms with Gasteiger partial charge in [0.05, 0.1) is 5.60 Å². The van der Waals surface area contributed by atoms with Gasteiger partial charge in [-0.15, -0.1) is 0 Å². The zero-order valence-corrected chi connectivity index (χ0v) is 24.2. The molecule has 0 aliphatic heterocycles. The maximum absolute atomic E-state index is 13.0. The quantitative estimate of drug-likeness (QED) is 0.165. The molecule has 3 unspecified atom stereocenters. The summed E-state index contributed by atoms with van der Waals surface area (Å²) >= 11 is 0. The highest BCUT2D eigenvalue weighted by Gasteiger charge is 2.31. The molecule has 0 spiro atoms. The van der Waals surface area contributed by atoms with Gasteiger partial charge in [-0.1, -0.05) is 91.2 Å². The molecule has 0 saturated carbocycles. The average Bonchev–Trinajstić information content (AvgIpc) is 2.75. The molecule has 35 heavy (non-hydrogen) atoms. The van der Waals surface area contributed by atoms with Crippen molar-refractivity contribution >= 4 is 11.6 Å². The Morgan fingerprint density at radius 2 is 1.26 bits per heavy atom. The summed E-state index contributed by atoms with van der Waals surface area (Å²) in [5, 5.41) is 11.0. The van der Waals surface area contributed by atoms with Gasteiger partial charge in [-0.05, 0) is 71.1 Å². The van der Waals surface area contributed by atoms with E-state index in [1.165, 1.54) is 38.5 Å². The fraction of sp³-hybridized carbons (Fsp3) is 0.750. The van der Waals surface area contributed by atoms with Gasteiger partial charge in [-0.3, -0.25) is 9.59 Å². The van der Waals surface area contributed by atoms with Crippen molar-refractivity contribution in [2.75, 3.05) is 0 Å². The zero-order chi connectivity index (χ0) is 26.8. The highest BCUT2D eigenvalue weighted by molar-refractivity contribution is 6.24. The molecular weight excluding hydrogens is 432 g/mol. The van der Waals surface area contributed by atoms with E-state index in [1.807, 2.05) is 13.8 Å². The summed E-state index contributed by atoms with van der Waals surface area (Å²) in [6.45, 7) is 20.5. The summed E-state index contributed by atoms with van der Waals surface area (Å²) < 4.78 is 0. The summed E-state index contributed by atoms with van der Waals surface area (Å²) in [5.74, 6) is 2.23. The van der Waals surface area contributed by atoms with Crippen molar-refractivity contribution in [3.63, 3.8) is 0 Å². The van der Waals surface area contributed by atoms with Crippen molar-refractivity contribution in [2.24, 2.45) is 17.8 Å². The minimum Gasteiger partial charge on any atom is -0.390 e. The number of carbonyl (C=O) groups is 2. The minimum atomic E-state index is -0.834. The molecule has 0 aromatic heterocycles. The van der Waals surface area contributed by atoms with Crippen LogP contribution in [0.2, 0.25) is 0 Å². The molecule has 0 aromatic carbocycles. The lowest BCUT2D eigenvalue weighted by atomic mass is 9.79. The molecule has 1 aliphatic rings. The number of allylic oxidation sites excluding steroid dienone is 5. The predicted octanol–water partition coefficient (Wildman–Crippen LogP) is 8.71. The molecule has 0 amide bonds. The lowest BCUT2D eigenvalue weighted by molar-refractivity contribution is -0.116. The van der Waals surface area contributed by atoms with Gasteiger partial charge in [0.2, 0.25) is 0 Å². The Labute approximate surface area is 216 Å². The van der Waals surface area contributed by atoms with Crippen LogP contribution in [0.15, 0.2) is 34.4 Å². The van der Waals surface area contributed by atoms with E-state index in [4.69, 9.17) is 0 Å². The maximum Gasteiger partial charge on any atom is 0.185 e. The number of carbonyl (C=O) groups excluding carboxylic acids is 2. The van der Waals surface area contributed by atoms with Crippen molar-refractivity contribution in [3.8, 4) is 0 Å². The molecule has 200 valence electrons. The Balaban J connectivity index is 2.49. The first-order valence-corrected chi connectivity index (χ1v) is 14.1. The normalized spacial score (nSPS) is 18.3. The molecule has 0 bridgehead atoms. The molecule has 1 N–H and O–H groups in total. The van der Waals surface area contributed by atoms with Crippen LogP contribution in [-0.2, 0) is 9.59 Å². The monoisotopic (exact) mass is 486 g/mol. The van der Waals surface area contributed by atoms with Gasteiger partial charge in [0.15, 0.2) is 11.6 Å². The summed E-state index contributed by atoms with van der Waals surface area (Å²) in [4.78, 5) is 25.8. The van der Waals surface area contributed by atoms with Gasteiger partial charge in [-0.25, -0.2) is 0 Å². The highest BCUT2D eigenvalue weighted by Crippen LogP contribution is 2.33. The van der Waals surface area contributed by atoms with Crippen LogP contribution in [0.25, 0.3) is 0 Å². The molecule has 0 aromatic rings. The van der Waals surface area contributed by atoms with E-state index in [0.29, 0.717) is 47.5 Å². The highest BCUT2D eigenvalue weighted by atomic mass is 16.3. The standard InChI is InChI=1S/C32H54O3/c1-22(2)13-10-14-24(5)15-11-16-25(6)17-12-19-32(9,35)20-18-28-29(21-23(3)4)31(34)27(8)26(7)30(28)33/h22,24-25,35H,3,10-21H2,1-2,4-9H3. The predicted molar refractivity (Wildman–Crippen MR) is 149 cm³/mol. The Bertz CT molecular complexity index is 794. The zero-order valence-electron chi connectivity index (χ0n) is 24.2. The van der Waals surface area contributed by atoms with Crippen LogP contribution in [0.4, 0.5) is 0 Å². The van der Waals surface area contributed by atoms with Crippen molar-refractivity contribution in [3.05, 3.63) is 34.4 Å². The van der Waals surface area contributed by atoms with E-state index in [1.54, 1.807) is 13.8 Å². The van der Waals surface area contributed by atoms with Gasteiger partial charge < -0.3 is 5.11 Å². The molecule has 3 nitrogen and oxygen atoms in total. The van der Waals surface area contributed by atoms with E-state index >= 15 is 0 Å². The van der Waals surface area contributed by atoms with E-state index in [2.05, 4.69) is 34.3 Å². The fourth-order valence-electron chi connectivity index (χ4n) is 5.15. The number of hydrogen-bond donors (Lipinski definition) is 1. The van der Waals surface area contributed by atoms with E-state index in [9.17, 15) is 14.7 Å². The summed E-state index contributed by atoms with van der Waals surface area (Å²) in [7, 11) is 0. The van der Waals surface area contributed by atoms with Gasteiger partial charge in [-0.2, -0.15) is 0 Å². The second kappa shape index (κ2) is 14.9. The largest absolute Gasteiger partial charge is 0.390 e. The summed E-state index contributed by atoms with van der Waals surface area (Å²) in [5.41, 5.74) is 2.28. The molecule has 0 heterocycles. The van der Waals surface area contributed by atoms with Gasteiger partial charge in [0.1, 0.15) is 0 Å². The van der Waals surface area contributed by atoms with Crippen LogP contribution in [0.5, 0.6) is 0 Å². The van der Waals surface area contributed by atoms with Crippen LogP contribution in [0.3, 0.4) is 0 Å². The number of hydrogen-bond acceptors (Lipinski definition) is 3. The Kier molecular flexibility index (Phi) is 13.5. The summed E-state index contributed by atoms with van der Waals surface area (Å²) in [6, 6.07) is 0. The summed E-state index contributed by atoms with van der Waals surface area (Å²) in [6.07, 6.45) is 12.1. The van der Waals surface area contributed by atoms with Crippen LogP contribution in [0.1, 0.15) is 132 Å². The molecule has 0 saturated heterocycles. The molecule has 1 aliphatic carbocycles. The first kappa shape index (κ1) is 31.5. The van der Waals surface area contributed by atoms with Gasteiger partial charge >= 0.3 is 0 Å². The molecule has 0 fully saturated rings. The first-order valence-electron chi connectivity index (χ1n) is 14.1. The Morgan fingerprint density at radius 1 is 0.800 bits per heavy atom. The first-order chi connectivity index (χ1) is 16.2. The molecule has 3 heteroatoms. The van der Waals surface area contributed by atoms with Crippen LogP contribution < -0.4 is 0 Å². The Morgan fingerprint density at radius 3 is 1.74 bits per heavy atom. The van der Waals surface area contributed by atoms with Crippen molar-refractivity contribution < 1.29 is 14.7 Å². The van der Waals surface area contributed by atoms with Crippen LogP contribution in [0, 0.1) is 17.8 Å². The molecule has 0 radical (unpaired) electrons. The maximum atomic E-state index is 13.0. The second-order valence-corrected chi connectivity index (χ2v) is 12.4. The second-order valence-electron chi connectivity index (χ2n) is 12.4. The third-order valence-corrected chi connectivity index (χ3v) is 7.83. The van der Waals surface area contributed by atoms with E-state index in [0.717, 1.165) is 36.7 Å². The van der Waals surface area contributed by atoms with Crippen molar-refractivity contribution in [2.45, 2.75) is 138 Å². The minimum absolute atomic E-state index is 0.0391. The van der Waals surface area contributed by atoms with Crippen LogP contribution >= 0.6 is 0 Å². The van der Waals surface area contributed by atoms with Gasteiger partial charge in [0.25, 0.3) is 0 Å². The third-order valence-electron chi connectivity index (χ3n) is 7.83. The van der Waals surface area contributed by atoms with E-state index in [-0.39, 0.29) is 11.6 Å². The number of ketones is 2. The van der Waals surface area contributed by atoms with Crippen molar-refractivity contribution in [1.29, 1.82) is 0 Å². The lowest BCUT2D eigenvalue weighted by Gasteiger charge is -2.27. The number of Topliss-reactive ketones (excluding diaryl/α,β-unsaturated/α-hetero) is 2. The van der Waals surface area contributed by atoms with Crippen molar-refractivity contribution in [1.82, 2.24) is 0 Å². The molecular formula is C32H54O3. The smallest absolute Gasteiger partial charge is 0.185 e.